The molecule has 0 bridgehead atoms. The second-order valence-corrected chi connectivity index (χ2v) is 5.18. The van der Waals surface area contributed by atoms with Crippen LogP contribution in [-0.2, 0) is 0 Å². The van der Waals surface area contributed by atoms with Crippen molar-refractivity contribution in [2.45, 2.75) is 6.92 Å². The van der Waals surface area contributed by atoms with E-state index in [1.807, 2.05) is 11.8 Å². The molecule has 0 aliphatic carbocycles. The van der Waals surface area contributed by atoms with Crippen LogP contribution in [0, 0.1) is 5.41 Å². The van der Waals surface area contributed by atoms with Gasteiger partial charge in [-0.3, -0.25) is 14.8 Å². The standard InChI is InChI=1S/C16H17N5O3/c1-2-18-16(23)21-4-3-12(8-14(21)17)20-5-6-24-13-7-11(10-22)9-19-15(13)20/h3-4,7-10,17H,2,5-6H2,1H3,(H,18,23). The van der Waals surface area contributed by atoms with Crippen molar-refractivity contribution in [3.63, 3.8) is 0 Å². The van der Waals surface area contributed by atoms with Gasteiger partial charge in [-0.2, -0.15) is 0 Å². The van der Waals surface area contributed by atoms with Crippen LogP contribution in [0.2, 0.25) is 0 Å². The molecule has 0 radical (unpaired) electrons. The lowest BCUT2D eigenvalue weighted by Gasteiger charge is -2.30. The fourth-order valence-corrected chi connectivity index (χ4v) is 2.50. The number of pyridine rings is 2. The summed E-state index contributed by atoms with van der Waals surface area (Å²) >= 11 is 0. The summed E-state index contributed by atoms with van der Waals surface area (Å²) in [6.07, 6.45) is 3.75. The lowest BCUT2D eigenvalue weighted by Crippen LogP contribution is -2.36. The Labute approximate surface area is 138 Å². The molecule has 1 aliphatic heterocycles. The van der Waals surface area contributed by atoms with Crippen LogP contribution < -0.4 is 20.4 Å². The van der Waals surface area contributed by atoms with Crippen LogP contribution in [0.4, 0.5) is 16.3 Å². The van der Waals surface area contributed by atoms with E-state index in [1.54, 1.807) is 24.4 Å². The number of aldehydes is 1. The van der Waals surface area contributed by atoms with E-state index in [9.17, 15) is 9.59 Å². The molecule has 0 unspecified atom stereocenters. The van der Waals surface area contributed by atoms with E-state index < -0.39 is 0 Å². The Morgan fingerprint density at radius 1 is 1.50 bits per heavy atom. The van der Waals surface area contributed by atoms with Crippen LogP contribution in [0.1, 0.15) is 17.3 Å². The third-order valence-electron chi connectivity index (χ3n) is 3.62. The molecule has 0 saturated heterocycles. The third kappa shape index (κ3) is 2.85. The SMILES string of the molecule is CCNC(=O)n1ccc(N2CCOc3cc(C=O)cnc32)cc1=N. The summed E-state index contributed by atoms with van der Waals surface area (Å²) < 4.78 is 6.80. The highest BCUT2D eigenvalue weighted by atomic mass is 16.5. The molecule has 8 heteroatoms. The maximum atomic E-state index is 11.9. The highest BCUT2D eigenvalue weighted by Crippen LogP contribution is 2.34. The fourth-order valence-electron chi connectivity index (χ4n) is 2.50. The van der Waals surface area contributed by atoms with Crippen LogP contribution in [0.25, 0.3) is 0 Å². The molecule has 24 heavy (non-hydrogen) atoms. The maximum absolute atomic E-state index is 11.9. The van der Waals surface area contributed by atoms with Gasteiger partial charge in [0.05, 0.1) is 6.54 Å². The zero-order valence-corrected chi connectivity index (χ0v) is 13.2. The molecule has 2 aromatic heterocycles. The molecule has 0 fully saturated rings. The maximum Gasteiger partial charge on any atom is 0.327 e. The van der Waals surface area contributed by atoms with E-state index in [-0.39, 0.29) is 11.5 Å². The van der Waals surface area contributed by atoms with Gasteiger partial charge in [0.1, 0.15) is 12.1 Å². The lowest BCUT2D eigenvalue weighted by molar-refractivity contribution is 0.112. The molecule has 0 spiro atoms. The number of hydrogen-bond acceptors (Lipinski definition) is 6. The first-order chi connectivity index (χ1) is 11.6. The van der Waals surface area contributed by atoms with Gasteiger partial charge in [-0.1, -0.05) is 0 Å². The largest absolute Gasteiger partial charge is 0.488 e. The van der Waals surface area contributed by atoms with E-state index in [0.717, 1.165) is 12.0 Å². The Morgan fingerprint density at radius 2 is 2.33 bits per heavy atom. The predicted octanol–water partition coefficient (Wildman–Crippen LogP) is 1.28. The van der Waals surface area contributed by atoms with Crippen molar-refractivity contribution in [3.05, 3.63) is 41.6 Å². The van der Waals surface area contributed by atoms with E-state index >= 15 is 0 Å². The van der Waals surface area contributed by atoms with Gasteiger partial charge >= 0.3 is 6.03 Å². The second-order valence-electron chi connectivity index (χ2n) is 5.18. The molecular formula is C16H17N5O3. The summed E-state index contributed by atoms with van der Waals surface area (Å²) in [7, 11) is 0. The lowest BCUT2D eigenvalue weighted by atomic mass is 10.2. The minimum absolute atomic E-state index is 0.0657. The normalized spacial score (nSPS) is 13.0. The van der Waals surface area contributed by atoms with Crippen LogP contribution >= 0.6 is 0 Å². The predicted molar refractivity (Wildman–Crippen MR) is 86.9 cm³/mol. The molecule has 3 rings (SSSR count). The Kier molecular flexibility index (Phi) is 4.28. The number of ether oxygens (including phenoxy) is 1. The van der Waals surface area contributed by atoms with Gasteiger partial charge in [0.2, 0.25) is 0 Å². The van der Waals surface area contributed by atoms with Crippen molar-refractivity contribution in [2.75, 3.05) is 24.6 Å². The average Bonchev–Trinajstić information content (AvgIpc) is 2.60. The summed E-state index contributed by atoms with van der Waals surface area (Å²) in [5.41, 5.74) is 1.24. The van der Waals surface area contributed by atoms with Crippen LogP contribution in [0.3, 0.4) is 0 Å². The van der Waals surface area contributed by atoms with E-state index in [4.69, 9.17) is 10.1 Å². The average molecular weight is 327 g/mol. The third-order valence-corrected chi connectivity index (χ3v) is 3.62. The molecule has 2 N–H and O–H groups in total. The molecule has 0 atom stereocenters. The number of carbonyl (C=O) groups excluding carboxylic acids is 2. The highest BCUT2D eigenvalue weighted by Gasteiger charge is 2.22. The molecule has 124 valence electrons. The number of nitrogens with one attached hydrogen (secondary N) is 2. The zero-order valence-electron chi connectivity index (χ0n) is 13.2. The summed E-state index contributed by atoms with van der Waals surface area (Å²) in [5, 5.41) is 10.7. The molecule has 1 aliphatic rings. The molecule has 8 nitrogen and oxygen atoms in total. The molecule has 0 aromatic carbocycles. The summed E-state index contributed by atoms with van der Waals surface area (Å²) in [5.74, 6) is 1.11. The number of nitrogens with zero attached hydrogens (tertiary/aromatic N) is 3. The summed E-state index contributed by atoms with van der Waals surface area (Å²) in [4.78, 5) is 28.9. The first kappa shape index (κ1) is 15.7. The fraction of sp³-hybridized carbons (Fsp3) is 0.250. The Morgan fingerprint density at radius 3 is 3.04 bits per heavy atom. The minimum atomic E-state index is -0.342. The molecule has 2 aromatic rings. The topological polar surface area (TPSA) is 100 Å². The number of carbonyl (C=O) groups is 2. The first-order valence-electron chi connectivity index (χ1n) is 7.55. The van der Waals surface area contributed by atoms with E-state index in [2.05, 4.69) is 10.3 Å². The van der Waals surface area contributed by atoms with Crippen molar-refractivity contribution >= 4 is 23.8 Å². The zero-order chi connectivity index (χ0) is 17.1. The smallest absolute Gasteiger partial charge is 0.327 e. The molecular weight excluding hydrogens is 310 g/mol. The first-order valence-corrected chi connectivity index (χ1v) is 7.55. The molecule has 0 saturated carbocycles. The number of aromatic nitrogens is 2. The molecule has 3 heterocycles. The van der Waals surface area contributed by atoms with Gasteiger partial charge in [0.15, 0.2) is 17.9 Å². The second kappa shape index (κ2) is 6.53. The Balaban J connectivity index is 1.96. The minimum Gasteiger partial charge on any atom is -0.488 e. The Bertz CT molecular complexity index is 846. The van der Waals surface area contributed by atoms with Crippen molar-refractivity contribution in [3.8, 4) is 5.75 Å². The van der Waals surface area contributed by atoms with Gasteiger partial charge < -0.3 is 15.0 Å². The number of fused-ring (bicyclic) bond motifs is 1. The quantitative estimate of drug-likeness (QED) is 0.827. The van der Waals surface area contributed by atoms with Gasteiger partial charge in [0, 0.05) is 36.3 Å². The number of hydrogen-bond donors (Lipinski definition) is 2. The van der Waals surface area contributed by atoms with Crippen molar-refractivity contribution in [1.29, 1.82) is 5.41 Å². The van der Waals surface area contributed by atoms with Crippen molar-refractivity contribution < 1.29 is 14.3 Å². The number of anilines is 2. The Hall–Kier alpha value is -3.16. The van der Waals surface area contributed by atoms with Crippen LogP contribution in [-0.4, -0.2) is 41.6 Å². The summed E-state index contributed by atoms with van der Waals surface area (Å²) in [6, 6.07) is 4.64. The monoisotopic (exact) mass is 327 g/mol. The van der Waals surface area contributed by atoms with Gasteiger partial charge in [0.25, 0.3) is 0 Å². The number of rotatable bonds is 3. The van der Waals surface area contributed by atoms with Crippen molar-refractivity contribution in [2.24, 2.45) is 0 Å². The number of amides is 1. The van der Waals surface area contributed by atoms with Gasteiger partial charge in [-0.15, -0.1) is 0 Å². The summed E-state index contributed by atoms with van der Waals surface area (Å²) in [6.45, 7) is 3.31. The van der Waals surface area contributed by atoms with Crippen molar-refractivity contribution in [1.82, 2.24) is 14.9 Å². The highest BCUT2D eigenvalue weighted by molar-refractivity contribution is 5.79. The van der Waals surface area contributed by atoms with Crippen LogP contribution in [0.15, 0.2) is 30.6 Å². The van der Waals surface area contributed by atoms with E-state index in [0.29, 0.717) is 36.8 Å². The van der Waals surface area contributed by atoms with Gasteiger partial charge in [-0.25, -0.2) is 9.78 Å². The molecule has 1 amide bonds. The van der Waals surface area contributed by atoms with E-state index in [1.165, 1.54) is 10.8 Å². The van der Waals surface area contributed by atoms with Crippen LogP contribution in [0.5, 0.6) is 5.75 Å². The van der Waals surface area contributed by atoms with Gasteiger partial charge in [-0.05, 0) is 19.1 Å².